The van der Waals surface area contributed by atoms with Crippen LogP contribution in [0.15, 0.2) is 33.9 Å². The monoisotopic (exact) mass is 349 g/mol. The molecule has 96 valence electrons. The van der Waals surface area contributed by atoms with Crippen molar-refractivity contribution in [1.82, 2.24) is 14.8 Å². The SMILES string of the molecule is Cn1c(Cc2cccc(Br)c2)nnc1S(=O)(=O)Cl. The molecule has 8 heteroatoms. The van der Waals surface area contributed by atoms with E-state index in [-0.39, 0.29) is 5.16 Å². The first-order valence-corrected chi connectivity index (χ1v) is 8.05. The highest BCUT2D eigenvalue weighted by molar-refractivity contribution is 9.10. The van der Waals surface area contributed by atoms with Gasteiger partial charge in [0.05, 0.1) is 0 Å². The lowest BCUT2D eigenvalue weighted by molar-refractivity contribution is 0.591. The van der Waals surface area contributed by atoms with E-state index < -0.39 is 9.05 Å². The predicted molar refractivity (Wildman–Crippen MR) is 71.0 cm³/mol. The Morgan fingerprint density at radius 2 is 2.11 bits per heavy atom. The van der Waals surface area contributed by atoms with E-state index in [9.17, 15) is 8.42 Å². The smallest absolute Gasteiger partial charge is 0.296 e. The van der Waals surface area contributed by atoms with E-state index in [0.29, 0.717) is 12.2 Å². The summed E-state index contributed by atoms with van der Waals surface area (Å²) in [4.78, 5) is 0. The summed E-state index contributed by atoms with van der Waals surface area (Å²) >= 11 is 3.37. The van der Waals surface area contributed by atoms with E-state index in [1.807, 2.05) is 24.3 Å². The van der Waals surface area contributed by atoms with Crippen LogP contribution in [0.25, 0.3) is 0 Å². The van der Waals surface area contributed by atoms with E-state index in [1.165, 1.54) is 4.57 Å². The average Bonchev–Trinajstić information content (AvgIpc) is 2.60. The third kappa shape index (κ3) is 2.90. The fourth-order valence-corrected chi connectivity index (χ4v) is 2.96. The van der Waals surface area contributed by atoms with Crippen LogP contribution in [-0.4, -0.2) is 23.2 Å². The number of benzene rings is 1. The summed E-state index contributed by atoms with van der Waals surface area (Å²) in [5, 5.41) is 7.19. The van der Waals surface area contributed by atoms with Crippen LogP contribution in [-0.2, 0) is 22.5 Å². The first kappa shape index (κ1) is 13.5. The Kier molecular flexibility index (Phi) is 3.74. The molecule has 0 fully saturated rings. The van der Waals surface area contributed by atoms with Crippen LogP contribution in [0.1, 0.15) is 11.4 Å². The van der Waals surface area contributed by atoms with Crippen LogP contribution < -0.4 is 0 Å². The zero-order valence-electron chi connectivity index (χ0n) is 9.34. The summed E-state index contributed by atoms with van der Waals surface area (Å²) in [6, 6.07) is 7.67. The first-order valence-electron chi connectivity index (χ1n) is 4.95. The number of hydrogen-bond acceptors (Lipinski definition) is 4. The summed E-state index contributed by atoms with van der Waals surface area (Å²) in [5.74, 6) is 0.535. The molecular formula is C10H9BrClN3O2S. The van der Waals surface area contributed by atoms with Crippen molar-refractivity contribution in [2.45, 2.75) is 11.6 Å². The maximum Gasteiger partial charge on any atom is 0.296 e. The van der Waals surface area contributed by atoms with Gasteiger partial charge in [0.1, 0.15) is 5.82 Å². The van der Waals surface area contributed by atoms with Gasteiger partial charge < -0.3 is 4.57 Å². The van der Waals surface area contributed by atoms with Crippen molar-refractivity contribution < 1.29 is 8.42 Å². The molecule has 0 atom stereocenters. The molecule has 0 aliphatic rings. The number of hydrogen-bond donors (Lipinski definition) is 0. The molecule has 2 aromatic rings. The fraction of sp³-hybridized carbons (Fsp3) is 0.200. The molecule has 0 aliphatic heterocycles. The minimum absolute atomic E-state index is 0.242. The highest BCUT2D eigenvalue weighted by atomic mass is 79.9. The lowest BCUT2D eigenvalue weighted by atomic mass is 10.1. The van der Waals surface area contributed by atoms with Gasteiger partial charge in [0.15, 0.2) is 0 Å². The van der Waals surface area contributed by atoms with Crippen molar-refractivity contribution >= 4 is 35.7 Å². The Bertz CT molecular complexity index is 684. The van der Waals surface area contributed by atoms with Gasteiger partial charge in [-0.25, -0.2) is 8.42 Å². The predicted octanol–water partition coefficient (Wildman–Crippen LogP) is 2.10. The highest BCUT2D eigenvalue weighted by Gasteiger charge is 2.20. The van der Waals surface area contributed by atoms with Gasteiger partial charge in [0.25, 0.3) is 14.2 Å². The van der Waals surface area contributed by atoms with E-state index >= 15 is 0 Å². The number of aromatic nitrogens is 3. The van der Waals surface area contributed by atoms with Gasteiger partial charge in [-0.15, -0.1) is 10.2 Å². The molecule has 0 N–H and O–H groups in total. The number of halogens is 2. The summed E-state index contributed by atoms with van der Waals surface area (Å²) in [5.41, 5.74) is 0.999. The standard InChI is InChI=1S/C10H9BrClN3O2S/c1-15-9(13-14-10(15)18(12,16)17)6-7-3-2-4-8(11)5-7/h2-5H,6H2,1H3. The Labute approximate surface area is 117 Å². The topological polar surface area (TPSA) is 64.8 Å². The second-order valence-corrected chi connectivity index (χ2v) is 7.08. The molecule has 0 unspecified atom stereocenters. The summed E-state index contributed by atoms with van der Waals surface area (Å²) < 4.78 is 24.7. The molecule has 0 saturated carbocycles. The quantitative estimate of drug-likeness (QED) is 0.795. The molecule has 0 radical (unpaired) electrons. The Morgan fingerprint density at radius 1 is 1.39 bits per heavy atom. The molecule has 2 rings (SSSR count). The minimum Gasteiger partial charge on any atom is -0.304 e. The minimum atomic E-state index is -3.86. The van der Waals surface area contributed by atoms with Gasteiger partial charge in [-0.1, -0.05) is 28.1 Å². The Hall–Kier alpha value is -0.920. The van der Waals surface area contributed by atoms with Crippen LogP contribution in [0, 0.1) is 0 Å². The average molecular weight is 351 g/mol. The normalized spacial score (nSPS) is 11.7. The summed E-state index contributed by atoms with van der Waals surface area (Å²) in [6.07, 6.45) is 0.481. The van der Waals surface area contributed by atoms with E-state index in [1.54, 1.807) is 7.05 Å². The Balaban J connectivity index is 2.34. The van der Waals surface area contributed by atoms with Crippen LogP contribution in [0.5, 0.6) is 0 Å². The van der Waals surface area contributed by atoms with Crippen molar-refractivity contribution in [3.8, 4) is 0 Å². The number of nitrogens with zero attached hydrogens (tertiary/aromatic N) is 3. The van der Waals surface area contributed by atoms with Crippen molar-refractivity contribution in [3.63, 3.8) is 0 Å². The van der Waals surface area contributed by atoms with Gasteiger partial charge in [-0.3, -0.25) is 0 Å². The zero-order valence-corrected chi connectivity index (χ0v) is 12.5. The van der Waals surface area contributed by atoms with Crippen LogP contribution in [0.4, 0.5) is 0 Å². The van der Waals surface area contributed by atoms with Crippen LogP contribution in [0.3, 0.4) is 0 Å². The summed E-state index contributed by atoms with van der Waals surface area (Å²) in [6.45, 7) is 0. The zero-order chi connectivity index (χ0) is 13.3. The van der Waals surface area contributed by atoms with Gasteiger partial charge in [0, 0.05) is 28.6 Å². The molecule has 5 nitrogen and oxygen atoms in total. The van der Waals surface area contributed by atoms with Gasteiger partial charge in [-0.2, -0.15) is 0 Å². The molecule has 0 amide bonds. The van der Waals surface area contributed by atoms with Crippen molar-refractivity contribution in [2.24, 2.45) is 7.05 Å². The van der Waals surface area contributed by atoms with Crippen molar-refractivity contribution in [2.75, 3.05) is 0 Å². The Morgan fingerprint density at radius 3 is 2.67 bits per heavy atom. The third-order valence-corrected chi connectivity index (χ3v) is 4.09. The van der Waals surface area contributed by atoms with E-state index in [2.05, 4.69) is 26.1 Å². The fourth-order valence-electron chi connectivity index (χ4n) is 1.54. The molecule has 1 aromatic carbocycles. The van der Waals surface area contributed by atoms with Crippen molar-refractivity contribution in [3.05, 3.63) is 40.1 Å². The second kappa shape index (κ2) is 4.99. The molecule has 0 spiro atoms. The van der Waals surface area contributed by atoms with E-state index in [4.69, 9.17) is 10.7 Å². The van der Waals surface area contributed by atoms with Gasteiger partial charge in [-0.05, 0) is 17.7 Å². The van der Waals surface area contributed by atoms with Crippen molar-refractivity contribution in [1.29, 1.82) is 0 Å². The first-order chi connectivity index (χ1) is 8.38. The van der Waals surface area contributed by atoms with Crippen LogP contribution in [0.2, 0.25) is 0 Å². The molecular weight excluding hydrogens is 342 g/mol. The maximum absolute atomic E-state index is 11.2. The molecule has 1 aromatic heterocycles. The maximum atomic E-state index is 11.2. The lowest BCUT2D eigenvalue weighted by Crippen LogP contribution is -2.05. The lowest BCUT2D eigenvalue weighted by Gasteiger charge is -2.02. The van der Waals surface area contributed by atoms with Crippen LogP contribution >= 0.6 is 26.6 Å². The largest absolute Gasteiger partial charge is 0.304 e. The summed E-state index contributed by atoms with van der Waals surface area (Å²) in [7, 11) is 2.96. The van der Waals surface area contributed by atoms with Gasteiger partial charge >= 0.3 is 0 Å². The molecule has 0 aliphatic carbocycles. The molecule has 18 heavy (non-hydrogen) atoms. The van der Waals surface area contributed by atoms with Gasteiger partial charge in [0.2, 0.25) is 0 Å². The second-order valence-electron chi connectivity index (χ2n) is 3.70. The molecule has 0 saturated heterocycles. The third-order valence-electron chi connectivity index (χ3n) is 2.39. The van der Waals surface area contributed by atoms with E-state index in [0.717, 1.165) is 10.0 Å². The highest BCUT2D eigenvalue weighted by Crippen LogP contribution is 2.17. The molecule has 0 bridgehead atoms. The number of rotatable bonds is 3. The molecule has 1 heterocycles.